The normalized spacial score (nSPS) is 17.6. The third kappa shape index (κ3) is 3.29. The minimum absolute atomic E-state index is 0.176. The van der Waals surface area contributed by atoms with Gasteiger partial charge in [0.1, 0.15) is 11.3 Å². The van der Waals surface area contributed by atoms with E-state index in [-0.39, 0.29) is 22.8 Å². The van der Waals surface area contributed by atoms with Crippen LogP contribution in [0.25, 0.3) is 16.9 Å². The molecule has 0 unspecified atom stereocenters. The van der Waals surface area contributed by atoms with E-state index in [1.54, 1.807) is 17.0 Å². The van der Waals surface area contributed by atoms with Gasteiger partial charge in [-0.2, -0.15) is 5.10 Å². The second-order valence-electron chi connectivity index (χ2n) is 7.03. The van der Waals surface area contributed by atoms with Gasteiger partial charge >= 0.3 is 0 Å². The number of benzene rings is 1. The lowest BCUT2D eigenvalue weighted by Crippen LogP contribution is -2.39. The van der Waals surface area contributed by atoms with Crippen molar-refractivity contribution in [2.45, 2.75) is 26.2 Å². The van der Waals surface area contributed by atoms with Gasteiger partial charge in [-0.05, 0) is 24.8 Å². The van der Waals surface area contributed by atoms with Crippen LogP contribution in [0.2, 0.25) is 0 Å². The Morgan fingerprint density at radius 3 is 2.74 bits per heavy atom. The second kappa shape index (κ2) is 7.06. The van der Waals surface area contributed by atoms with Gasteiger partial charge in [-0.25, -0.2) is 18.3 Å². The number of rotatable bonds is 3. The maximum absolute atomic E-state index is 13.6. The largest absolute Gasteiger partial charge is 0.338 e. The highest BCUT2D eigenvalue weighted by Gasteiger charge is 2.27. The lowest BCUT2D eigenvalue weighted by Gasteiger charge is -2.30. The average molecular weight is 370 g/mol. The number of hydrogen-bond donors (Lipinski definition) is 0. The van der Waals surface area contributed by atoms with Gasteiger partial charge in [0.2, 0.25) is 0 Å². The van der Waals surface area contributed by atoms with E-state index in [9.17, 15) is 13.6 Å². The van der Waals surface area contributed by atoms with Gasteiger partial charge in [-0.1, -0.05) is 37.3 Å². The van der Waals surface area contributed by atoms with Gasteiger partial charge in [-0.3, -0.25) is 4.79 Å². The maximum atomic E-state index is 13.6. The van der Waals surface area contributed by atoms with Gasteiger partial charge in [0.15, 0.2) is 5.65 Å². The predicted molar refractivity (Wildman–Crippen MR) is 97.7 cm³/mol. The predicted octanol–water partition coefficient (Wildman–Crippen LogP) is 4.21. The van der Waals surface area contributed by atoms with Gasteiger partial charge in [-0.15, -0.1) is 0 Å². The van der Waals surface area contributed by atoms with Crippen molar-refractivity contribution >= 4 is 11.6 Å². The minimum atomic E-state index is -2.73. The molecule has 1 aliphatic rings. The molecular formula is C20H20F2N4O. The summed E-state index contributed by atoms with van der Waals surface area (Å²) in [6.07, 6.45) is 0.655. The molecule has 0 N–H and O–H groups in total. The zero-order valence-corrected chi connectivity index (χ0v) is 15.0. The molecule has 0 bridgehead atoms. The van der Waals surface area contributed by atoms with Crippen molar-refractivity contribution in [2.24, 2.45) is 5.92 Å². The zero-order chi connectivity index (χ0) is 19.0. The Bertz CT molecular complexity index is 971. The number of carbonyl (C=O) groups is 1. The number of amides is 1. The standard InChI is InChI=1S/C20H20F2N4O/c1-13-6-5-9-25(12-13)20(27)15-11-23-26-17(18(21)22)10-16(24-19(15)26)14-7-3-2-4-8-14/h2-4,7-8,10-11,13,18H,5-6,9,12H2,1H3/t13-/m1/s1. The van der Waals surface area contributed by atoms with Crippen LogP contribution in [0.1, 0.15) is 42.2 Å². The van der Waals surface area contributed by atoms with Crippen LogP contribution in [0.3, 0.4) is 0 Å². The van der Waals surface area contributed by atoms with Crippen LogP contribution in [0.5, 0.6) is 0 Å². The molecule has 0 spiro atoms. The fourth-order valence-electron chi connectivity index (χ4n) is 3.59. The number of nitrogens with zero attached hydrogens (tertiary/aromatic N) is 4. The average Bonchev–Trinajstić information content (AvgIpc) is 3.11. The topological polar surface area (TPSA) is 50.5 Å². The fourth-order valence-corrected chi connectivity index (χ4v) is 3.59. The van der Waals surface area contributed by atoms with Crippen LogP contribution in [0, 0.1) is 5.92 Å². The third-order valence-electron chi connectivity index (χ3n) is 4.97. The summed E-state index contributed by atoms with van der Waals surface area (Å²) in [4.78, 5) is 19.3. The quantitative estimate of drug-likeness (QED) is 0.694. The number of hydrogen-bond acceptors (Lipinski definition) is 3. The smallest absolute Gasteiger partial charge is 0.280 e. The molecule has 1 aliphatic heterocycles. The van der Waals surface area contributed by atoms with Crippen molar-refractivity contribution in [1.82, 2.24) is 19.5 Å². The summed E-state index contributed by atoms with van der Waals surface area (Å²) in [5.74, 6) is 0.225. The first-order chi connectivity index (χ1) is 13.0. The Morgan fingerprint density at radius 1 is 1.26 bits per heavy atom. The first kappa shape index (κ1) is 17.6. The van der Waals surface area contributed by atoms with E-state index in [2.05, 4.69) is 17.0 Å². The Kier molecular flexibility index (Phi) is 4.59. The van der Waals surface area contributed by atoms with E-state index in [1.165, 1.54) is 12.3 Å². The molecule has 0 aliphatic carbocycles. The molecule has 1 amide bonds. The maximum Gasteiger partial charge on any atom is 0.280 e. The van der Waals surface area contributed by atoms with Crippen LogP contribution in [0.4, 0.5) is 8.78 Å². The third-order valence-corrected chi connectivity index (χ3v) is 4.97. The van der Waals surface area contributed by atoms with Crippen LogP contribution in [0.15, 0.2) is 42.6 Å². The molecule has 2 aromatic heterocycles. The molecule has 1 atom stereocenters. The highest BCUT2D eigenvalue weighted by Crippen LogP contribution is 2.27. The monoisotopic (exact) mass is 370 g/mol. The molecule has 0 radical (unpaired) electrons. The summed E-state index contributed by atoms with van der Waals surface area (Å²) in [7, 11) is 0. The van der Waals surface area contributed by atoms with Crippen molar-refractivity contribution in [3.8, 4) is 11.3 Å². The molecule has 7 heteroatoms. The van der Waals surface area contributed by atoms with Crippen LogP contribution < -0.4 is 0 Å². The highest BCUT2D eigenvalue weighted by atomic mass is 19.3. The van der Waals surface area contributed by atoms with E-state index < -0.39 is 6.43 Å². The number of piperidine rings is 1. The summed E-state index contributed by atoms with van der Waals surface area (Å²) in [5, 5.41) is 4.04. The Morgan fingerprint density at radius 2 is 2.04 bits per heavy atom. The van der Waals surface area contributed by atoms with Crippen molar-refractivity contribution in [3.05, 3.63) is 53.9 Å². The summed E-state index contributed by atoms with van der Waals surface area (Å²) < 4.78 is 28.3. The first-order valence-corrected chi connectivity index (χ1v) is 9.06. The lowest BCUT2D eigenvalue weighted by atomic mass is 10.00. The number of alkyl halides is 2. The summed E-state index contributed by atoms with van der Waals surface area (Å²) in [6, 6.07) is 10.4. The van der Waals surface area contributed by atoms with E-state index in [0.29, 0.717) is 30.3 Å². The lowest BCUT2D eigenvalue weighted by molar-refractivity contribution is 0.0684. The summed E-state index contributed by atoms with van der Waals surface area (Å²) >= 11 is 0. The Labute approximate surface area is 155 Å². The molecule has 27 heavy (non-hydrogen) atoms. The number of carbonyl (C=O) groups excluding carboxylic acids is 1. The number of likely N-dealkylation sites (tertiary alicyclic amines) is 1. The van der Waals surface area contributed by atoms with E-state index in [0.717, 1.165) is 17.4 Å². The van der Waals surface area contributed by atoms with Gasteiger partial charge in [0.25, 0.3) is 12.3 Å². The van der Waals surface area contributed by atoms with Gasteiger partial charge in [0.05, 0.1) is 11.9 Å². The Balaban J connectivity index is 1.83. The number of fused-ring (bicyclic) bond motifs is 1. The van der Waals surface area contributed by atoms with E-state index in [1.807, 2.05) is 18.2 Å². The van der Waals surface area contributed by atoms with Crippen molar-refractivity contribution < 1.29 is 13.6 Å². The minimum Gasteiger partial charge on any atom is -0.338 e. The number of halogens is 2. The molecule has 140 valence electrons. The van der Waals surface area contributed by atoms with Crippen molar-refractivity contribution in [3.63, 3.8) is 0 Å². The molecule has 3 aromatic rings. The van der Waals surface area contributed by atoms with Gasteiger partial charge < -0.3 is 4.90 Å². The molecule has 5 nitrogen and oxygen atoms in total. The van der Waals surface area contributed by atoms with Crippen LogP contribution in [-0.4, -0.2) is 38.5 Å². The Hall–Kier alpha value is -2.83. The first-order valence-electron chi connectivity index (χ1n) is 9.06. The van der Waals surface area contributed by atoms with Crippen LogP contribution in [-0.2, 0) is 0 Å². The van der Waals surface area contributed by atoms with Crippen molar-refractivity contribution in [2.75, 3.05) is 13.1 Å². The molecule has 0 saturated carbocycles. The van der Waals surface area contributed by atoms with E-state index in [4.69, 9.17) is 0 Å². The molecular weight excluding hydrogens is 350 g/mol. The number of aromatic nitrogens is 3. The zero-order valence-electron chi connectivity index (χ0n) is 15.0. The second-order valence-corrected chi connectivity index (χ2v) is 7.03. The highest BCUT2D eigenvalue weighted by molar-refractivity contribution is 6.00. The summed E-state index contributed by atoms with van der Waals surface area (Å²) in [6.45, 7) is 3.44. The van der Waals surface area contributed by atoms with Gasteiger partial charge in [0, 0.05) is 18.7 Å². The molecule has 1 saturated heterocycles. The summed E-state index contributed by atoms with van der Waals surface area (Å²) in [5.41, 5.74) is 1.29. The van der Waals surface area contributed by atoms with E-state index >= 15 is 0 Å². The molecule has 3 heterocycles. The van der Waals surface area contributed by atoms with Crippen molar-refractivity contribution in [1.29, 1.82) is 0 Å². The SMILES string of the molecule is C[C@@H]1CCCN(C(=O)c2cnn3c(C(F)F)cc(-c4ccccc4)nc23)C1. The molecule has 4 rings (SSSR count). The fraction of sp³-hybridized carbons (Fsp3) is 0.350. The molecule has 1 fully saturated rings. The van der Waals surface area contributed by atoms with Crippen LogP contribution >= 0.6 is 0 Å². The molecule has 1 aromatic carbocycles.